The highest BCUT2D eigenvalue weighted by molar-refractivity contribution is 5.97. The summed E-state index contributed by atoms with van der Waals surface area (Å²) in [6.07, 6.45) is 0. The number of para-hydroxylation sites is 1. The number of hydrogen-bond acceptors (Lipinski definition) is 5. The molecule has 0 bridgehead atoms. The second kappa shape index (κ2) is 6.77. The molecule has 2 aromatic carbocycles. The van der Waals surface area contributed by atoms with Crippen molar-refractivity contribution in [3.63, 3.8) is 0 Å². The Morgan fingerprint density at radius 2 is 1.62 bits per heavy atom. The molecule has 1 aliphatic heterocycles. The number of furan rings is 1. The molecule has 1 fully saturated rings. The standard InChI is InChI=1S/C22H17FN2O4/c23-14-5-7-15(8-6-14)24-9-11-25(12-10-24)21(27)19-13-17-20(26)16-3-1-2-4-18(16)28-22(17)29-19/h1-8,13H,9-12H2. The molecule has 29 heavy (non-hydrogen) atoms. The zero-order valence-corrected chi connectivity index (χ0v) is 15.4. The fourth-order valence-corrected chi connectivity index (χ4v) is 3.68. The number of halogens is 1. The third-order valence-corrected chi connectivity index (χ3v) is 5.25. The lowest BCUT2D eigenvalue weighted by Gasteiger charge is -2.35. The molecule has 0 saturated carbocycles. The largest absolute Gasteiger partial charge is 0.425 e. The van der Waals surface area contributed by atoms with E-state index in [0.717, 1.165) is 5.69 Å². The Labute approximate surface area is 164 Å². The lowest BCUT2D eigenvalue weighted by molar-refractivity contribution is 0.0715. The number of anilines is 1. The summed E-state index contributed by atoms with van der Waals surface area (Å²) in [5.74, 6) is -0.407. The van der Waals surface area contributed by atoms with Crippen LogP contribution in [0, 0.1) is 5.82 Å². The summed E-state index contributed by atoms with van der Waals surface area (Å²) in [6, 6.07) is 14.7. The molecule has 3 heterocycles. The summed E-state index contributed by atoms with van der Waals surface area (Å²) in [7, 11) is 0. The van der Waals surface area contributed by atoms with Crippen LogP contribution in [0.25, 0.3) is 22.1 Å². The predicted molar refractivity (Wildman–Crippen MR) is 107 cm³/mol. The minimum atomic E-state index is -0.279. The summed E-state index contributed by atoms with van der Waals surface area (Å²) in [4.78, 5) is 29.3. The Morgan fingerprint density at radius 3 is 2.38 bits per heavy atom. The maximum absolute atomic E-state index is 13.1. The van der Waals surface area contributed by atoms with Crippen molar-refractivity contribution in [1.82, 2.24) is 4.90 Å². The smallest absolute Gasteiger partial charge is 0.302 e. The van der Waals surface area contributed by atoms with Crippen molar-refractivity contribution >= 4 is 33.7 Å². The summed E-state index contributed by atoms with van der Waals surface area (Å²) in [6.45, 7) is 2.24. The van der Waals surface area contributed by atoms with Gasteiger partial charge in [-0.05, 0) is 36.4 Å². The van der Waals surface area contributed by atoms with E-state index in [1.54, 1.807) is 41.3 Å². The van der Waals surface area contributed by atoms with Crippen molar-refractivity contribution < 1.29 is 18.0 Å². The Balaban J connectivity index is 1.38. The van der Waals surface area contributed by atoms with Crippen molar-refractivity contribution in [2.75, 3.05) is 31.1 Å². The van der Waals surface area contributed by atoms with Crippen molar-refractivity contribution in [1.29, 1.82) is 0 Å². The van der Waals surface area contributed by atoms with E-state index in [0.29, 0.717) is 37.1 Å². The third kappa shape index (κ3) is 3.04. The van der Waals surface area contributed by atoms with Gasteiger partial charge in [0.1, 0.15) is 16.8 Å². The van der Waals surface area contributed by atoms with Crippen LogP contribution >= 0.6 is 0 Å². The topological polar surface area (TPSA) is 66.9 Å². The first-order valence-electron chi connectivity index (χ1n) is 9.35. The van der Waals surface area contributed by atoms with Crippen LogP contribution in [-0.4, -0.2) is 37.0 Å². The number of benzene rings is 2. The van der Waals surface area contributed by atoms with E-state index < -0.39 is 0 Å². The second-order valence-corrected chi connectivity index (χ2v) is 6.99. The molecule has 6 nitrogen and oxygen atoms in total. The van der Waals surface area contributed by atoms with Crippen LogP contribution in [0.3, 0.4) is 0 Å². The van der Waals surface area contributed by atoms with Gasteiger partial charge in [0.25, 0.3) is 5.91 Å². The highest BCUT2D eigenvalue weighted by Crippen LogP contribution is 2.23. The van der Waals surface area contributed by atoms with Crippen LogP contribution in [0.4, 0.5) is 10.1 Å². The predicted octanol–water partition coefficient (Wildman–Crippen LogP) is 3.64. The van der Waals surface area contributed by atoms with E-state index in [1.165, 1.54) is 18.2 Å². The van der Waals surface area contributed by atoms with Crippen molar-refractivity contribution in [2.24, 2.45) is 0 Å². The second-order valence-electron chi connectivity index (χ2n) is 6.99. The van der Waals surface area contributed by atoms with Gasteiger partial charge in [-0.25, -0.2) is 4.39 Å². The van der Waals surface area contributed by atoms with Gasteiger partial charge in [-0.15, -0.1) is 0 Å². The molecule has 1 amide bonds. The van der Waals surface area contributed by atoms with E-state index in [-0.39, 0.29) is 34.1 Å². The molecule has 7 heteroatoms. The van der Waals surface area contributed by atoms with Crippen molar-refractivity contribution in [3.05, 3.63) is 76.4 Å². The number of rotatable bonds is 2. The first kappa shape index (κ1) is 17.5. The molecule has 2 aromatic heterocycles. The van der Waals surface area contributed by atoms with Gasteiger partial charge >= 0.3 is 5.78 Å². The quantitative estimate of drug-likeness (QED) is 0.521. The van der Waals surface area contributed by atoms with E-state index in [1.807, 2.05) is 0 Å². The van der Waals surface area contributed by atoms with Gasteiger partial charge < -0.3 is 18.6 Å². The summed E-state index contributed by atoms with van der Waals surface area (Å²) in [5.41, 5.74) is 1.13. The molecule has 0 unspecified atom stereocenters. The number of nitrogens with zero attached hydrogens (tertiary/aromatic N) is 2. The molecule has 4 aromatic rings. The molecule has 1 aliphatic rings. The number of carbonyl (C=O) groups is 1. The lowest BCUT2D eigenvalue weighted by Crippen LogP contribution is -2.48. The van der Waals surface area contributed by atoms with Gasteiger partial charge in [0, 0.05) is 37.9 Å². The highest BCUT2D eigenvalue weighted by atomic mass is 19.1. The number of fused-ring (bicyclic) bond motifs is 2. The molecule has 1 saturated heterocycles. The van der Waals surface area contributed by atoms with Crippen LogP contribution in [-0.2, 0) is 0 Å². The monoisotopic (exact) mass is 392 g/mol. The molecule has 0 N–H and O–H groups in total. The summed E-state index contributed by atoms with van der Waals surface area (Å²) >= 11 is 0. The van der Waals surface area contributed by atoms with Crippen molar-refractivity contribution in [3.8, 4) is 0 Å². The molecule has 0 radical (unpaired) electrons. The number of amides is 1. The summed E-state index contributed by atoms with van der Waals surface area (Å²) < 4.78 is 24.3. The minimum Gasteiger partial charge on any atom is -0.425 e. The van der Waals surface area contributed by atoms with Crippen LogP contribution in [0.1, 0.15) is 10.6 Å². The number of hydrogen-bond donors (Lipinski definition) is 0. The normalized spacial score (nSPS) is 14.7. The zero-order chi connectivity index (χ0) is 20.0. The number of carbonyl (C=O) groups excluding carboxylic acids is 1. The van der Waals surface area contributed by atoms with Gasteiger partial charge in [-0.1, -0.05) is 12.1 Å². The van der Waals surface area contributed by atoms with Crippen LogP contribution in [0.5, 0.6) is 0 Å². The maximum atomic E-state index is 13.1. The van der Waals surface area contributed by atoms with E-state index in [9.17, 15) is 14.0 Å². The zero-order valence-electron chi connectivity index (χ0n) is 15.4. The minimum absolute atomic E-state index is 0.0574. The Kier molecular flexibility index (Phi) is 4.08. The molecular weight excluding hydrogens is 375 g/mol. The molecule has 0 atom stereocenters. The lowest BCUT2D eigenvalue weighted by atomic mass is 10.2. The van der Waals surface area contributed by atoms with E-state index in [2.05, 4.69) is 4.90 Å². The first-order chi connectivity index (χ1) is 14.1. The van der Waals surface area contributed by atoms with E-state index >= 15 is 0 Å². The SMILES string of the molecule is O=C(c1cc2c(=O)c3ccccc3oc2o1)N1CCN(c2ccc(F)cc2)CC1. The van der Waals surface area contributed by atoms with Crippen LogP contribution in [0.2, 0.25) is 0 Å². The van der Waals surface area contributed by atoms with Crippen LogP contribution in [0.15, 0.2) is 68.2 Å². The Morgan fingerprint density at radius 1 is 0.897 bits per heavy atom. The summed E-state index contributed by atoms with van der Waals surface area (Å²) in [5, 5.41) is 0.713. The Hall–Kier alpha value is -3.61. The van der Waals surface area contributed by atoms with Crippen LogP contribution < -0.4 is 10.3 Å². The molecule has 0 spiro atoms. The third-order valence-electron chi connectivity index (χ3n) is 5.25. The average Bonchev–Trinajstić information content (AvgIpc) is 3.18. The molecule has 5 rings (SSSR count). The van der Waals surface area contributed by atoms with Gasteiger partial charge in [0.2, 0.25) is 5.43 Å². The fourth-order valence-electron chi connectivity index (χ4n) is 3.68. The molecule has 146 valence electrons. The van der Waals surface area contributed by atoms with Gasteiger partial charge in [-0.3, -0.25) is 9.59 Å². The fraction of sp³-hybridized carbons (Fsp3) is 0.182. The first-order valence-corrected chi connectivity index (χ1v) is 9.35. The highest BCUT2D eigenvalue weighted by Gasteiger charge is 2.26. The van der Waals surface area contributed by atoms with Gasteiger partial charge in [0.05, 0.1) is 5.39 Å². The van der Waals surface area contributed by atoms with E-state index in [4.69, 9.17) is 8.83 Å². The maximum Gasteiger partial charge on any atom is 0.302 e. The van der Waals surface area contributed by atoms with Gasteiger partial charge in [-0.2, -0.15) is 0 Å². The molecule has 0 aliphatic carbocycles. The number of piperazine rings is 1. The van der Waals surface area contributed by atoms with Crippen molar-refractivity contribution in [2.45, 2.75) is 0 Å². The van der Waals surface area contributed by atoms with Gasteiger partial charge in [0.15, 0.2) is 5.76 Å². The molecular formula is C22H17FN2O4. The average molecular weight is 392 g/mol. The Bertz CT molecular complexity index is 1270.